The molecule has 1 N–H and O–H groups in total. The SMILES string of the molecule is CCCCOc1ccc(-c2cc3c4nnc(CCC(=O)NCc5ccc(OC)cc5)n4ccn3n2)cc1. The van der Waals surface area contributed by atoms with Crippen molar-refractivity contribution in [3.8, 4) is 22.8 Å². The zero-order valence-corrected chi connectivity index (χ0v) is 21.1. The van der Waals surface area contributed by atoms with Crippen LogP contribution in [0, 0.1) is 0 Å². The van der Waals surface area contributed by atoms with Crippen LogP contribution in [0.2, 0.25) is 0 Å². The molecule has 0 aliphatic heterocycles. The van der Waals surface area contributed by atoms with Gasteiger partial charge in [-0.25, -0.2) is 4.52 Å². The van der Waals surface area contributed by atoms with E-state index in [4.69, 9.17) is 14.6 Å². The van der Waals surface area contributed by atoms with Gasteiger partial charge < -0.3 is 14.8 Å². The fourth-order valence-corrected chi connectivity index (χ4v) is 4.09. The minimum atomic E-state index is -0.0394. The average molecular weight is 499 g/mol. The standard InChI is InChI=1S/C28H30N6O3/c1-3-4-17-37-23-11-7-21(8-12-23)24-18-25-28-31-30-26(33(28)15-16-34(25)32-24)13-14-27(35)29-19-20-5-9-22(36-2)10-6-20/h5-12,15-16,18H,3-4,13-14,17,19H2,1-2H3,(H,29,35). The van der Waals surface area contributed by atoms with E-state index in [0.29, 0.717) is 25.0 Å². The predicted molar refractivity (Wildman–Crippen MR) is 141 cm³/mol. The van der Waals surface area contributed by atoms with Gasteiger partial charge in [-0.15, -0.1) is 10.2 Å². The molecule has 0 unspecified atom stereocenters. The van der Waals surface area contributed by atoms with Gasteiger partial charge in [0.2, 0.25) is 5.91 Å². The van der Waals surface area contributed by atoms with Gasteiger partial charge in [0.15, 0.2) is 5.65 Å². The lowest BCUT2D eigenvalue weighted by Gasteiger charge is -2.06. The van der Waals surface area contributed by atoms with Gasteiger partial charge in [-0.1, -0.05) is 25.5 Å². The summed E-state index contributed by atoms with van der Waals surface area (Å²) in [5.74, 6) is 2.34. The molecule has 0 radical (unpaired) electrons. The van der Waals surface area contributed by atoms with E-state index < -0.39 is 0 Å². The lowest BCUT2D eigenvalue weighted by atomic mass is 10.1. The Hall–Kier alpha value is -4.40. The zero-order valence-electron chi connectivity index (χ0n) is 21.1. The van der Waals surface area contributed by atoms with E-state index in [2.05, 4.69) is 22.4 Å². The first-order valence-electron chi connectivity index (χ1n) is 12.5. The first-order valence-corrected chi connectivity index (χ1v) is 12.5. The highest BCUT2D eigenvalue weighted by molar-refractivity contribution is 5.77. The number of methoxy groups -OCH3 is 1. The highest BCUT2D eigenvalue weighted by Crippen LogP contribution is 2.24. The molecule has 5 aromatic rings. The Labute approximate surface area is 215 Å². The summed E-state index contributed by atoms with van der Waals surface area (Å²) in [6.07, 6.45) is 6.71. The number of nitrogens with one attached hydrogen (secondary N) is 1. The minimum absolute atomic E-state index is 0.0394. The van der Waals surface area contributed by atoms with Crippen molar-refractivity contribution in [1.82, 2.24) is 29.5 Å². The summed E-state index contributed by atoms with van der Waals surface area (Å²) in [6.45, 7) is 3.34. The molecular weight excluding hydrogens is 468 g/mol. The molecule has 2 aromatic carbocycles. The molecule has 0 spiro atoms. The summed E-state index contributed by atoms with van der Waals surface area (Å²) in [5.41, 5.74) is 4.41. The first kappa shape index (κ1) is 24.3. The van der Waals surface area contributed by atoms with Crippen molar-refractivity contribution in [2.24, 2.45) is 0 Å². The summed E-state index contributed by atoms with van der Waals surface area (Å²) in [7, 11) is 1.63. The van der Waals surface area contributed by atoms with Crippen LogP contribution in [0.25, 0.3) is 22.4 Å². The van der Waals surface area contributed by atoms with Gasteiger partial charge >= 0.3 is 0 Å². The normalized spacial score (nSPS) is 11.2. The lowest BCUT2D eigenvalue weighted by Crippen LogP contribution is -2.23. The molecule has 0 saturated carbocycles. The van der Waals surface area contributed by atoms with Crippen molar-refractivity contribution in [3.63, 3.8) is 0 Å². The number of carbonyl (C=O) groups is 1. The monoisotopic (exact) mass is 498 g/mol. The fourth-order valence-electron chi connectivity index (χ4n) is 4.09. The van der Waals surface area contributed by atoms with E-state index in [1.807, 2.05) is 71.4 Å². The zero-order chi connectivity index (χ0) is 25.6. The number of aromatic nitrogens is 5. The third-order valence-corrected chi connectivity index (χ3v) is 6.23. The van der Waals surface area contributed by atoms with Gasteiger partial charge in [0.1, 0.15) is 22.8 Å². The summed E-state index contributed by atoms with van der Waals surface area (Å²) >= 11 is 0. The largest absolute Gasteiger partial charge is 0.497 e. The van der Waals surface area contributed by atoms with Crippen LogP contribution in [0.4, 0.5) is 0 Å². The third-order valence-electron chi connectivity index (χ3n) is 6.23. The van der Waals surface area contributed by atoms with Crippen LogP contribution < -0.4 is 14.8 Å². The van der Waals surface area contributed by atoms with E-state index in [-0.39, 0.29) is 5.91 Å². The fraction of sp³-hybridized carbons (Fsp3) is 0.286. The molecule has 0 saturated heterocycles. The number of hydrogen-bond donors (Lipinski definition) is 1. The maximum Gasteiger partial charge on any atom is 0.220 e. The summed E-state index contributed by atoms with van der Waals surface area (Å²) < 4.78 is 14.7. The van der Waals surface area contributed by atoms with Crippen LogP contribution in [-0.4, -0.2) is 43.8 Å². The Morgan fingerprint density at radius 3 is 2.54 bits per heavy atom. The van der Waals surface area contributed by atoms with Gasteiger partial charge in [-0.3, -0.25) is 9.20 Å². The Morgan fingerprint density at radius 1 is 1.00 bits per heavy atom. The molecule has 1 amide bonds. The number of hydrogen-bond acceptors (Lipinski definition) is 6. The van der Waals surface area contributed by atoms with Crippen molar-refractivity contribution in [2.75, 3.05) is 13.7 Å². The highest BCUT2D eigenvalue weighted by Gasteiger charge is 2.14. The Bertz CT molecular complexity index is 1490. The van der Waals surface area contributed by atoms with Crippen molar-refractivity contribution >= 4 is 17.1 Å². The Balaban J connectivity index is 1.24. The Morgan fingerprint density at radius 2 is 1.78 bits per heavy atom. The average Bonchev–Trinajstić information content (AvgIpc) is 3.56. The van der Waals surface area contributed by atoms with Crippen molar-refractivity contribution < 1.29 is 14.3 Å². The van der Waals surface area contributed by atoms with Crippen LogP contribution in [0.5, 0.6) is 11.5 Å². The molecule has 0 atom stereocenters. The van der Waals surface area contributed by atoms with Crippen molar-refractivity contribution in [1.29, 1.82) is 0 Å². The quantitative estimate of drug-likeness (QED) is 0.270. The van der Waals surface area contributed by atoms with E-state index in [1.165, 1.54) is 0 Å². The number of nitrogens with zero attached hydrogens (tertiary/aromatic N) is 5. The summed E-state index contributed by atoms with van der Waals surface area (Å²) in [6, 6.07) is 17.6. The number of carbonyl (C=O) groups excluding carboxylic acids is 1. The van der Waals surface area contributed by atoms with E-state index >= 15 is 0 Å². The molecule has 5 rings (SSSR count). The number of aryl methyl sites for hydroxylation is 1. The van der Waals surface area contributed by atoms with Gasteiger partial charge in [-0.05, 0) is 54.4 Å². The molecule has 9 heteroatoms. The highest BCUT2D eigenvalue weighted by atomic mass is 16.5. The molecule has 3 heterocycles. The van der Waals surface area contributed by atoms with Gasteiger partial charge in [0, 0.05) is 37.3 Å². The van der Waals surface area contributed by atoms with E-state index in [9.17, 15) is 4.79 Å². The number of amides is 1. The number of rotatable bonds is 11. The van der Waals surface area contributed by atoms with Crippen LogP contribution in [-0.2, 0) is 17.8 Å². The molecule has 190 valence electrons. The molecule has 9 nitrogen and oxygen atoms in total. The van der Waals surface area contributed by atoms with E-state index in [1.54, 1.807) is 11.6 Å². The first-order chi connectivity index (χ1) is 18.1. The lowest BCUT2D eigenvalue weighted by molar-refractivity contribution is -0.121. The van der Waals surface area contributed by atoms with Crippen molar-refractivity contribution in [3.05, 3.63) is 78.4 Å². The third kappa shape index (κ3) is 5.55. The van der Waals surface area contributed by atoms with Gasteiger partial charge in [0.05, 0.1) is 19.4 Å². The smallest absolute Gasteiger partial charge is 0.220 e. The van der Waals surface area contributed by atoms with Gasteiger partial charge in [-0.2, -0.15) is 5.10 Å². The number of ether oxygens (including phenoxy) is 2. The second-order valence-corrected chi connectivity index (χ2v) is 8.82. The maximum atomic E-state index is 12.4. The number of fused-ring (bicyclic) bond motifs is 3. The topological polar surface area (TPSA) is 95.0 Å². The van der Waals surface area contributed by atoms with Crippen molar-refractivity contribution in [2.45, 2.75) is 39.2 Å². The molecule has 0 aliphatic rings. The summed E-state index contributed by atoms with van der Waals surface area (Å²) in [4.78, 5) is 12.4. The molecule has 0 fully saturated rings. The van der Waals surface area contributed by atoms with Gasteiger partial charge in [0.25, 0.3) is 0 Å². The second kappa shape index (κ2) is 11.1. The van der Waals surface area contributed by atoms with E-state index in [0.717, 1.165) is 59.1 Å². The number of benzene rings is 2. The molecular formula is C28H30N6O3. The molecule has 37 heavy (non-hydrogen) atoms. The van der Waals surface area contributed by atoms with Crippen LogP contribution in [0.1, 0.15) is 37.6 Å². The van der Waals surface area contributed by atoms with Crippen LogP contribution in [0.3, 0.4) is 0 Å². The molecule has 3 aromatic heterocycles. The predicted octanol–water partition coefficient (Wildman–Crippen LogP) is 4.48. The minimum Gasteiger partial charge on any atom is -0.497 e. The number of unbranched alkanes of at least 4 members (excludes halogenated alkanes) is 1. The van der Waals surface area contributed by atoms with Crippen LogP contribution >= 0.6 is 0 Å². The second-order valence-electron chi connectivity index (χ2n) is 8.82. The Kier molecular flexibility index (Phi) is 7.30. The molecule has 0 bridgehead atoms. The van der Waals surface area contributed by atoms with Crippen LogP contribution in [0.15, 0.2) is 67.0 Å². The maximum absolute atomic E-state index is 12.4. The summed E-state index contributed by atoms with van der Waals surface area (Å²) in [5, 5.41) is 16.4. The molecule has 0 aliphatic carbocycles.